The van der Waals surface area contributed by atoms with Crippen LogP contribution < -0.4 is 0 Å². The van der Waals surface area contributed by atoms with Crippen molar-refractivity contribution in [2.24, 2.45) is 63.1 Å². The summed E-state index contributed by atoms with van der Waals surface area (Å²) in [5, 5.41) is 58.6. The summed E-state index contributed by atoms with van der Waals surface area (Å²) in [7, 11) is 0. The Hall–Kier alpha value is -3.43. The van der Waals surface area contributed by atoms with Crippen LogP contribution in [0.2, 0.25) is 0 Å². The van der Waals surface area contributed by atoms with Gasteiger partial charge in [0.2, 0.25) is 0 Å². The van der Waals surface area contributed by atoms with Crippen molar-refractivity contribution in [3.8, 4) is 0 Å². The van der Waals surface area contributed by atoms with Crippen LogP contribution in [0.25, 0.3) is 0 Å². The second-order valence-corrected chi connectivity index (χ2v) is 21.2. The topological polar surface area (TPSA) is 224 Å². The summed E-state index contributed by atoms with van der Waals surface area (Å²) < 4.78 is 33.7. The molecule has 0 spiro atoms. The van der Waals surface area contributed by atoms with Crippen molar-refractivity contribution >= 4 is 46.7 Å². The lowest BCUT2D eigenvalue weighted by Crippen LogP contribution is -2.69. The zero-order valence-electron chi connectivity index (χ0n) is 38.9. The highest BCUT2D eigenvalue weighted by molar-refractivity contribution is 6.29. The number of alkyl halides is 3. The largest absolute Gasteiger partial charge is 0.481 e. The fraction of sp³-hybridized carbons (Fsp3) is 0.720. The van der Waals surface area contributed by atoms with E-state index in [2.05, 4.69) is 0 Å². The molecule has 6 saturated carbocycles. The Morgan fingerprint density at radius 2 is 1.17 bits per heavy atom. The molecule has 0 aliphatic heterocycles. The summed E-state index contributed by atoms with van der Waals surface area (Å²) in [6.07, 6.45) is 10.7. The number of allylic oxidation sites excluding steroid dienone is 8. The molecule has 0 heterocycles. The number of fused-ring (bicyclic) bond motifs is 10. The molecule has 8 rings (SSSR count). The average molecular weight is 936 g/mol. The highest BCUT2D eigenvalue weighted by atomic mass is 35.5. The van der Waals surface area contributed by atoms with E-state index in [1.165, 1.54) is 24.3 Å². The lowest BCUT2D eigenvalue weighted by Gasteiger charge is -2.62. The van der Waals surface area contributed by atoms with Gasteiger partial charge in [0.25, 0.3) is 0 Å². The number of aliphatic hydroxyl groups excluding tert-OH is 3. The summed E-state index contributed by atoms with van der Waals surface area (Å²) >= 11 is 5.81. The number of carboxylic acids is 2. The maximum Gasteiger partial charge on any atom is 0.303 e. The van der Waals surface area contributed by atoms with Crippen LogP contribution >= 0.6 is 11.6 Å². The number of aliphatic hydroxyl groups is 4. The van der Waals surface area contributed by atoms with E-state index >= 15 is 8.78 Å². The maximum atomic E-state index is 16.9. The van der Waals surface area contributed by atoms with Crippen LogP contribution in [0.15, 0.2) is 47.6 Å². The second kappa shape index (κ2) is 18.6. The number of hydrogen-bond acceptors (Lipinski definition) is 10. The fourth-order valence-electron chi connectivity index (χ4n) is 14.6. The van der Waals surface area contributed by atoms with E-state index in [0.29, 0.717) is 32.1 Å². The number of hydrogen-bond donors (Lipinski definition) is 6. The molecule has 0 saturated heterocycles. The summed E-state index contributed by atoms with van der Waals surface area (Å²) in [5.74, 6) is -4.53. The van der Waals surface area contributed by atoms with E-state index in [9.17, 15) is 49.2 Å². The molecule has 0 amide bonds. The molecule has 6 N–H and O–H groups in total. The van der Waals surface area contributed by atoms with Gasteiger partial charge >= 0.3 is 11.9 Å². The van der Waals surface area contributed by atoms with Crippen molar-refractivity contribution in [3.63, 3.8) is 0 Å². The Balaban J connectivity index is 0.000000202. The first-order valence-electron chi connectivity index (χ1n) is 23.1. The van der Waals surface area contributed by atoms with Gasteiger partial charge in [0, 0.05) is 46.8 Å². The van der Waals surface area contributed by atoms with E-state index < -0.39 is 81.1 Å². The zero-order chi connectivity index (χ0) is 49.0. The number of rotatable bonds is 6. The normalized spacial score (nSPS) is 45.1. The van der Waals surface area contributed by atoms with Crippen LogP contribution in [-0.2, 0) is 28.8 Å². The SMILES string of the molecule is CCC(=O)O.CCC(=O)O.C[C@@H]1C[C@H]2[C@@H]3CCC4=CC(=O)C=C[C@]4(C)[C@@]3(F)C(O)C[C@]2(C)[C@H]1C(=O)CO.C[C@H]1C[C@H]2[C@@H]3CCC4=CC(=O)C=C[C@]4(C)[C@@]3(F)[C@@H](O)C[C@]2(C)[C@@]1(O)C(=O)CCl. The molecule has 8 aliphatic rings. The lowest BCUT2D eigenvalue weighted by atomic mass is 9.44. The van der Waals surface area contributed by atoms with Gasteiger partial charge in [-0.2, -0.15) is 0 Å². The minimum Gasteiger partial charge on any atom is -0.481 e. The maximum absolute atomic E-state index is 16.9. The fourth-order valence-corrected chi connectivity index (χ4v) is 14.8. The molecule has 12 nitrogen and oxygen atoms in total. The van der Waals surface area contributed by atoms with Gasteiger partial charge < -0.3 is 30.6 Å². The van der Waals surface area contributed by atoms with Crippen LogP contribution in [0.5, 0.6) is 0 Å². The number of carbonyl (C=O) groups is 6. The number of carbonyl (C=O) groups excluding carboxylic acids is 4. The molecular formula is C50H69ClF2O12. The molecule has 0 aromatic rings. The minimum atomic E-state index is -1.95. The Morgan fingerprint density at radius 1 is 0.738 bits per heavy atom. The second-order valence-electron chi connectivity index (χ2n) is 20.9. The number of aliphatic carboxylic acids is 2. The molecule has 8 aliphatic carbocycles. The standard InChI is InChI=1S/C22H28ClFO4.C22H29FO4.2C3H6O2/c1-12-8-16-15-5-4-13-9-14(25)6-7-19(13,2)21(15,24)17(26)10-20(16,3)22(12,28)18(27)11-23;1-12-8-16-15-5-4-13-9-14(25)6-7-21(13,3)22(15,23)18(27)10-20(16,2)19(12)17(26)11-24;2*1-2-3(4)5/h6-7,9,12,15-17,26,28H,4-5,8,10-11H2,1-3H3;6-7,9,12,15-16,18-19,24,27H,4-5,8,10-11H2,1-3H3;2*2H2,1H3,(H,4,5)/t12-,15-,16-,17-,19-,20-,21-,22-;12-,15+,16+,18?,19-,20+,21+,22+;;/m01../s1. The molecule has 0 aromatic heterocycles. The predicted molar refractivity (Wildman–Crippen MR) is 238 cm³/mol. The van der Waals surface area contributed by atoms with E-state index in [4.69, 9.17) is 21.8 Å². The van der Waals surface area contributed by atoms with E-state index in [1.807, 2.05) is 27.7 Å². The summed E-state index contributed by atoms with van der Waals surface area (Å²) in [5.41, 5.74) is -7.49. The van der Waals surface area contributed by atoms with Gasteiger partial charge in [-0.25, -0.2) is 8.78 Å². The molecule has 0 aromatic carbocycles. The van der Waals surface area contributed by atoms with Crippen LogP contribution in [0.4, 0.5) is 8.78 Å². The van der Waals surface area contributed by atoms with Crippen molar-refractivity contribution in [2.45, 2.75) is 149 Å². The first-order chi connectivity index (χ1) is 30.1. The first-order valence-corrected chi connectivity index (χ1v) is 23.6. The molecule has 65 heavy (non-hydrogen) atoms. The van der Waals surface area contributed by atoms with Crippen molar-refractivity contribution in [3.05, 3.63) is 47.6 Å². The van der Waals surface area contributed by atoms with Gasteiger partial charge in [-0.15, -0.1) is 11.6 Å². The van der Waals surface area contributed by atoms with Gasteiger partial charge in [-0.05, 0) is 119 Å². The zero-order valence-corrected chi connectivity index (χ0v) is 39.7. The van der Waals surface area contributed by atoms with Gasteiger partial charge in [0.15, 0.2) is 34.5 Å². The minimum absolute atomic E-state index is 0.0151. The monoisotopic (exact) mass is 934 g/mol. The van der Waals surface area contributed by atoms with Crippen LogP contribution in [0.1, 0.15) is 120 Å². The van der Waals surface area contributed by atoms with Crippen molar-refractivity contribution in [1.82, 2.24) is 0 Å². The molecule has 16 atom stereocenters. The van der Waals surface area contributed by atoms with Gasteiger partial charge in [-0.3, -0.25) is 28.8 Å². The Labute approximate surface area is 385 Å². The highest BCUT2D eigenvalue weighted by Gasteiger charge is 2.76. The highest BCUT2D eigenvalue weighted by Crippen LogP contribution is 2.72. The lowest BCUT2D eigenvalue weighted by molar-refractivity contribution is -0.218. The molecule has 0 radical (unpaired) electrons. The number of halogens is 3. The number of Topliss-reactive ketones (excluding diaryl/α,β-unsaturated/α-hetero) is 2. The van der Waals surface area contributed by atoms with Crippen LogP contribution in [0, 0.1) is 63.1 Å². The Morgan fingerprint density at radius 3 is 1.58 bits per heavy atom. The van der Waals surface area contributed by atoms with Crippen molar-refractivity contribution in [1.29, 1.82) is 0 Å². The predicted octanol–water partition coefficient (Wildman–Crippen LogP) is 6.89. The smallest absolute Gasteiger partial charge is 0.303 e. The molecular weight excluding hydrogens is 866 g/mol. The van der Waals surface area contributed by atoms with Gasteiger partial charge in [0.1, 0.15) is 12.2 Å². The van der Waals surface area contributed by atoms with Crippen molar-refractivity contribution in [2.75, 3.05) is 12.5 Å². The first kappa shape index (κ1) is 52.5. The summed E-state index contributed by atoms with van der Waals surface area (Å²) in [6, 6.07) is 0. The van der Waals surface area contributed by atoms with Crippen LogP contribution in [-0.4, -0.2) is 107 Å². The Bertz CT molecular complexity index is 2050. The van der Waals surface area contributed by atoms with Crippen molar-refractivity contribution < 1.29 is 68.2 Å². The molecule has 362 valence electrons. The molecule has 1 unspecified atom stereocenters. The molecule has 6 fully saturated rings. The Kier molecular flexibility index (Phi) is 15.0. The van der Waals surface area contributed by atoms with Crippen LogP contribution in [0.3, 0.4) is 0 Å². The van der Waals surface area contributed by atoms with E-state index in [0.717, 1.165) is 17.6 Å². The summed E-state index contributed by atoms with van der Waals surface area (Å²) in [4.78, 5) is 67.5. The average Bonchev–Trinajstić information content (AvgIpc) is 3.63. The number of carboxylic acid groups (broad SMARTS) is 2. The third kappa shape index (κ3) is 7.96. The molecule has 15 heteroatoms. The molecule has 0 bridgehead atoms. The van der Waals surface area contributed by atoms with Gasteiger partial charge in [0.05, 0.1) is 18.1 Å². The van der Waals surface area contributed by atoms with E-state index in [1.54, 1.807) is 39.8 Å². The van der Waals surface area contributed by atoms with E-state index in [-0.39, 0.29) is 84.4 Å². The van der Waals surface area contributed by atoms with Gasteiger partial charge in [-0.1, -0.05) is 64.8 Å². The summed E-state index contributed by atoms with van der Waals surface area (Å²) in [6.45, 7) is 13.9. The quantitative estimate of drug-likeness (QED) is 0.150. The third-order valence-electron chi connectivity index (χ3n) is 17.9. The third-order valence-corrected chi connectivity index (χ3v) is 18.1. The number of ketones is 4.